The van der Waals surface area contributed by atoms with Crippen LogP contribution >= 0.6 is 23.2 Å². The van der Waals surface area contributed by atoms with Crippen molar-refractivity contribution in [2.45, 2.75) is 37.8 Å². The van der Waals surface area contributed by atoms with Crippen LogP contribution in [0.4, 0.5) is 0 Å². The number of amides is 1. The van der Waals surface area contributed by atoms with Gasteiger partial charge < -0.3 is 10.1 Å². The third kappa shape index (κ3) is 4.80. The predicted molar refractivity (Wildman–Crippen MR) is 106 cm³/mol. The highest BCUT2D eigenvalue weighted by molar-refractivity contribution is 6.42. The first kappa shape index (κ1) is 19.7. The quantitative estimate of drug-likeness (QED) is 0.599. The number of ether oxygens (including phenoxy) is 1. The summed E-state index contributed by atoms with van der Waals surface area (Å²) in [7, 11) is 1.80. The van der Waals surface area contributed by atoms with Gasteiger partial charge in [-0.2, -0.15) is 0 Å². The summed E-state index contributed by atoms with van der Waals surface area (Å²) in [6.45, 7) is 2.63. The van der Waals surface area contributed by atoms with Gasteiger partial charge in [0.25, 0.3) is 5.91 Å². The third-order valence-corrected chi connectivity index (χ3v) is 6.24. The number of carbonyl (C=O) groups excluding carboxylic acids is 1. The number of hydrogen-bond donors (Lipinski definition) is 1. The fraction of sp³-hybridized carbons (Fsp3) is 0.550. The Morgan fingerprint density at radius 1 is 1.23 bits per heavy atom. The molecule has 6 heteroatoms. The molecule has 3 atom stereocenters. The monoisotopic (exact) mass is 396 g/mol. The lowest BCUT2D eigenvalue weighted by Gasteiger charge is -2.34. The van der Waals surface area contributed by atoms with Crippen molar-refractivity contribution in [1.29, 1.82) is 0 Å². The number of nitrogens with zero attached hydrogens (tertiary/aromatic N) is 1. The molecule has 0 saturated heterocycles. The number of nitrogens with one attached hydrogen (secondary N) is 1. The fourth-order valence-electron chi connectivity index (χ4n) is 4.01. The first-order chi connectivity index (χ1) is 12.6. The van der Waals surface area contributed by atoms with Crippen LogP contribution in [0.1, 0.15) is 36.0 Å². The molecule has 3 unspecified atom stereocenters. The maximum Gasteiger partial charge on any atom is 0.251 e. The Labute approximate surface area is 165 Å². The van der Waals surface area contributed by atoms with E-state index in [1.807, 2.05) is 0 Å². The summed E-state index contributed by atoms with van der Waals surface area (Å²) in [4.78, 5) is 15.0. The molecule has 1 saturated carbocycles. The van der Waals surface area contributed by atoms with Crippen LogP contribution in [0.3, 0.4) is 0 Å². The topological polar surface area (TPSA) is 41.6 Å². The lowest BCUT2D eigenvalue weighted by Crippen LogP contribution is -2.45. The average molecular weight is 397 g/mol. The van der Waals surface area contributed by atoms with E-state index in [0.29, 0.717) is 40.2 Å². The molecule has 0 bridgehead atoms. The molecule has 1 aliphatic carbocycles. The van der Waals surface area contributed by atoms with Crippen LogP contribution < -0.4 is 5.32 Å². The second kappa shape index (κ2) is 9.23. The van der Waals surface area contributed by atoms with Crippen molar-refractivity contribution in [1.82, 2.24) is 10.2 Å². The molecule has 1 aromatic carbocycles. The SMILES string of the molecule is COC1CCCC(CNC(=O)c2ccc(Cl)c(Cl)c2)C(N2CC=CC2)C1. The summed E-state index contributed by atoms with van der Waals surface area (Å²) in [5.41, 5.74) is 0.544. The van der Waals surface area contributed by atoms with E-state index in [9.17, 15) is 4.79 Å². The van der Waals surface area contributed by atoms with Gasteiger partial charge in [-0.1, -0.05) is 41.8 Å². The van der Waals surface area contributed by atoms with Gasteiger partial charge in [-0.3, -0.25) is 9.69 Å². The number of carbonyl (C=O) groups is 1. The molecule has 1 fully saturated rings. The van der Waals surface area contributed by atoms with E-state index in [2.05, 4.69) is 22.4 Å². The third-order valence-electron chi connectivity index (χ3n) is 5.51. The minimum Gasteiger partial charge on any atom is -0.381 e. The van der Waals surface area contributed by atoms with Crippen molar-refractivity contribution < 1.29 is 9.53 Å². The molecule has 1 N–H and O–H groups in total. The molecule has 142 valence electrons. The van der Waals surface area contributed by atoms with E-state index in [4.69, 9.17) is 27.9 Å². The first-order valence-electron chi connectivity index (χ1n) is 9.23. The Kier molecular flexibility index (Phi) is 6.98. The van der Waals surface area contributed by atoms with Gasteiger partial charge in [0.15, 0.2) is 0 Å². The van der Waals surface area contributed by atoms with Gasteiger partial charge in [-0.25, -0.2) is 0 Å². The molecule has 1 aliphatic heterocycles. The summed E-state index contributed by atoms with van der Waals surface area (Å²) in [6.07, 6.45) is 9.08. The Bertz CT molecular complexity index is 657. The molecule has 26 heavy (non-hydrogen) atoms. The summed E-state index contributed by atoms with van der Waals surface area (Å²) < 4.78 is 5.67. The van der Waals surface area contributed by atoms with E-state index < -0.39 is 0 Å². The Morgan fingerprint density at radius 2 is 2.00 bits per heavy atom. The van der Waals surface area contributed by atoms with Crippen LogP contribution in [-0.2, 0) is 4.74 Å². The molecule has 1 amide bonds. The summed E-state index contributed by atoms with van der Waals surface area (Å²) >= 11 is 12.0. The van der Waals surface area contributed by atoms with E-state index in [1.54, 1.807) is 25.3 Å². The van der Waals surface area contributed by atoms with Crippen LogP contribution in [0.15, 0.2) is 30.4 Å². The van der Waals surface area contributed by atoms with Gasteiger partial charge in [0.1, 0.15) is 0 Å². The predicted octanol–water partition coefficient (Wildman–Crippen LogP) is 4.17. The van der Waals surface area contributed by atoms with Crippen molar-refractivity contribution in [3.8, 4) is 0 Å². The molecular weight excluding hydrogens is 371 g/mol. The number of halogens is 2. The minimum absolute atomic E-state index is 0.102. The number of methoxy groups -OCH3 is 1. The fourth-order valence-corrected chi connectivity index (χ4v) is 4.31. The summed E-state index contributed by atoms with van der Waals surface area (Å²) in [6, 6.07) is 5.41. The van der Waals surface area contributed by atoms with Crippen molar-refractivity contribution in [3.63, 3.8) is 0 Å². The zero-order chi connectivity index (χ0) is 18.5. The molecule has 2 aliphatic rings. The van der Waals surface area contributed by atoms with Crippen LogP contribution in [0.25, 0.3) is 0 Å². The minimum atomic E-state index is -0.102. The van der Waals surface area contributed by atoms with Crippen LogP contribution in [0.5, 0.6) is 0 Å². The summed E-state index contributed by atoms with van der Waals surface area (Å²) in [5.74, 6) is 0.316. The van der Waals surface area contributed by atoms with Gasteiger partial charge in [-0.05, 0) is 43.4 Å². The highest BCUT2D eigenvalue weighted by atomic mass is 35.5. The molecule has 1 aromatic rings. The number of benzene rings is 1. The Hall–Kier alpha value is -1.07. The number of hydrogen-bond acceptors (Lipinski definition) is 3. The molecule has 1 heterocycles. The van der Waals surface area contributed by atoms with Crippen LogP contribution in [0.2, 0.25) is 10.0 Å². The van der Waals surface area contributed by atoms with E-state index >= 15 is 0 Å². The van der Waals surface area contributed by atoms with Crippen molar-refractivity contribution >= 4 is 29.1 Å². The standard InChI is InChI=1S/C20H26Cl2N2O2/c1-26-16-6-4-5-15(19(12-16)24-9-2-3-10-24)13-23-20(25)14-7-8-17(21)18(22)11-14/h2-3,7-8,11,15-16,19H,4-6,9-10,12-13H2,1H3,(H,23,25). The summed E-state index contributed by atoms with van der Waals surface area (Å²) in [5, 5.41) is 3.96. The van der Waals surface area contributed by atoms with Crippen molar-refractivity contribution in [2.24, 2.45) is 5.92 Å². The van der Waals surface area contributed by atoms with Gasteiger partial charge in [0, 0.05) is 38.3 Å². The van der Waals surface area contributed by atoms with Gasteiger partial charge >= 0.3 is 0 Å². The lowest BCUT2D eigenvalue weighted by atomic mass is 9.92. The average Bonchev–Trinajstić information content (AvgIpc) is 3.09. The molecule has 0 aromatic heterocycles. The maximum absolute atomic E-state index is 12.5. The van der Waals surface area contributed by atoms with Gasteiger partial charge in [0.05, 0.1) is 16.1 Å². The molecule has 4 nitrogen and oxygen atoms in total. The highest BCUT2D eigenvalue weighted by Crippen LogP contribution is 2.30. The molecule has 0 radical (unpaired) electrons. The lowest BCUT2D eigenvalue weighted by molar-refractivity contribution is 0.0584. The zero-order valence-electron chi connectivity index (χ0n) is 15.1. The smallest absolute Gasteiger partial charge is 0.251 e. The molecule has 0 spiro atoms. The van der Waals surface area contributed by atoms with Crippen molar-refractivity contribution in [2.75, 3.05) is 26.7 Å². The maximum atomic E-state index is 12.5. The molecule has 3 rings (SSSR count). The van der Waals surface area contributed by atoms with Crippen LogP contribution in [-0.4, -0.2) is 49.7 Å². The van der Waals surface area contributed by atoms with Gasteiger partial charge in [0.2, 0.25) is 0 Å². The highest BCUT2D eigenvalue weighted by Gasteiger charge is 2.33. The first-order valence-corrected chi connectivity index (χ1v) is 9.99. The second-order valence-corrected chi connectivity index (χ2v) is 7.93. The van der Waals surface area contributed by atoms with E-state index in [-0.39, 0.29) is 5.91 Å². The van der Waals surface area contributed by atoms with Gasteiger partial charge in [-0.15, -0.1) is 0 Å². The zero-order valence-corrected chi connectivity index (χ0v) is 16.6. The van der Waals surface area contributed by atoms with E-state index in [1.165, 1.54) is 0 Å². The van der Waals surface area contributed by atoms with E-state index in [0.717, 1.165) is 38.8 Å². The largest absolute Gasteiger partial charge is 0.381 e. The normalized spacial score (nSPS) is 26.7. The number of rotatable bonds is 5. The second-order valence-electron chi connectivity index (χ2n) is 7.12. The van der Waals surface area contributed by atoms with Crippen molar-refractivity contribution in [3.05, 3.63) is 46.0 Å². The Morgan fingerprint density at radius 3 is 2.69 bits per heavy atom. The molecular formula is C20H26Cl2N2O2. The van der Waals surface area contributed by atoms with Crippen LogP contribution in [0, 0.1) is 5.92 Å². The Balaban J connectivity index is 1.65.